The number of hydrogen-bond acceptors (Lipinski definition) is 4. The smallest absolute Gasteiger partial charge is 0.412 e. The first-order valence-corrected chi connectivity index (χ1v) is 14.5. The van der Waals surface area contributed by atoms with E-state index in [0.29, 0.717) is 22.5 Å². The third-order valence-corrected chi connectivity index (χ3v) is 8.63. The largest absolute Gasteiger partial charge is 0.444 e. The fourth-order valence-electron chi connectivity index (χ4n) is 4.48. The van der Waals surface area contributed by atoms with Crippen molar-refractivity contribution in [2.45, 2.75) is 50.0 Å². The number of nitrogens with one attached hydrogen (secondary N) is 2. The Morgan fingerprint density at radius 2 is 1.54 bits per heavy atom. The zero-order valence-electron chi connectivity index (χ0n) is 22.6. The number of Topliss-reactive ketones (excluding diaryl/α,β-unsaturated/α-hetero) is 1. The summed E-state index contributed by atoms with van der Waals surface area (Å²) in [7, 11) is 0. The fraction of sp³-hybridized carbons (Fsp3) is 0.300. The van der Waals surface area contributed by atoms with Gasteiger partial charge in [-0.3, -0.25) is 14.9 Å². The normalized spacial score (nSPS) is 17.5. The van der Waals surface area contributed by atoms with E-state index in [-0.39, 0.29) is 27.3 Å². The zero-order chi connectivity index (χ0) is 30.3. The number of aryl methyl sites for hydroxylation is 1. The molecule has 1 aliphatic rings. The van der Waals surface area contributed by atoms with Crippen LogP contribution in [0.3, 0.4) is 0 Å². The van der Waals surface area contributed by atoms with Crippen molar-refractivity contribution in [2.75, 3.05) is 10.6 Å². The molecule has 0 heterocycles. The van der Waals surface area contributed by atoms with E-state index in [2.05, 4.69) is 10.6 Å². The van der Waals surface area contributed by atoms with Crippen LogP contribution >= 0.6 is 58.0 Å². The van der Waals surface area contributed by atoms with E-state index < -0.39 is 33.8 Å². The van der Waals surface area contributed by atoms with E-state index in [1.807, 2.05) is 6.92 Å². The Morgan fingerprint density at radius 3 is 2.15 bits per heavy atom. The Balaban J connectivity index is 1.41. The lowest BCUT2D eigenvalue weighted by Crippen LogP contribution is -2.27. The van der Waals surface area contributed by atoms with E-state index in [9.17, 15) is 14.4 Å². The number of anilines is 2. The summed E-state index contributed by atoms with van der Waals surface area (Å²) in [5, 5.41) is 6.18. The first-order chi connectivity index (χ1) is 19.1. The zero-order valence-corrected chi connectivity index (χ0v) is 26.4. The molecule has 0 spiro atoms. The number of carbonyl (C=O) groups excluding carboxylic acids is 3. The molecule has 1 fully saturated rings. The number of ether oxygens (including phenoxy) is 1. The monoisotopic (exact) mass is 654 g/mol. The summed E-state index contributed by atoms with van der Waals surface area (Å²) in [6, 6.07) is 15.1. The van der Waals surface area contributed by atoms with Gasteiger partial charge in [-0.05, 0) is 80.8 Å². The highest BCUT2D eigenvalue weighted by atomic mass is 35.5. The number of alkyl halides is 2. The van der Waals surface area contributed by atoms with E-state index in [1.165, 1.54) is 0 Å². The standard InChI is InChI=1S/C30H27Cl5N2O4/c1-15-10-20(37-28(40)41-29(2,3)4)9-8-16(15)14-23(38)17-6-5-7-19(11-17)36-27(39)25-24(30(25,34)35)18-12-21(31)26(33)22(32)13-18/h5-13,24-25H,14H2,1-4H3,(H,36,39)(H,37,40). The Hall–Kier alpha value is -2.48. The molecule has 0 radical (unpaired) electrons. The minimum Gasteiger partial charge on any atom is -0.444 e. The predicted molar refractivity (Wildman–Crippen MR) is 166 cm³/mol. The van der Waals surface area contributed by atoms with Gasteiger partial charge in [0.1, 0.15) is 9.93 Å². The van der Waals surface area contributed by atoms with Crippen LogP contribution in [0.15, 0.2) is 54.6 Å². The molecular formula is C30H27Cl5N2O4. The van der Waals surface area contributed by atoms with Gasteiger partial charge in [-0.25, -0.2) is 4.79 Å². The van der Waals surface area contributed by atoms with Gasteiger partial charge in [-0.2, -0.15) is 0 Å². The van der Waals surface area contributed by atoms with Gasteiger partial charge in [-0.15, -0.1) is 23.2 Å². The summed E-state index contributed by atoms with van der Waals surface area (Å²) in [5.74, 6) is -1.86. The number of rotatable bonds is 7. The molecule has 1 aliphatic carbocycles. The molecule has 41 heavy (non-hydrogen) atoms. The second kappa shape index (κ2) is 12.0. The Kier molecular flexibility index (Phi) is 9.22. The molecule has 6 nitrogen and oxygen atoms in total. The van der Waals surface area contributed by atoms with Crippen LogP contribution in [0.25, 0.3) is 0 Å². The molecule has 1 saturated carbocycles. The van der Waals surface area contributed by atoms with Gasteiger partial charge < -0.3 is 10.1 Å². The van der Waals surface area contributed by atoms with Gasteiger partial charge in [0, 0.05) is 29.3 Å². The average Bonchev–Trinajstić information content (AvgIpc) is 3.44. The topological polar surface area (TPSA) is 84.5 Å². The maximum absolute atomic E-state index is 13.1. The number of hydrogen-bond donors (Lipinski definition) is 2. The second-order valence-corrected chi connectivity index (χ2v) is 13.5. The number of halogens is 5. The molecule has 3 aromatic rings. The molecule has 216 valence electrons. The molecule has 2 unspecified atom stereocenters. The summed E-state index contributed by atoms with van der Waals surface area (Å²) in [5.41, 5.74) is 3.03. The molecule has 2 atom stereocenters. The van der Waals surface area contributed by atoms with Gasteiger partial charge >= 0.3 is 6.09 Å². The Bertz CT molecular complexity index is 1510. The molecule has 0 aromatic heterocycles. The van der Waals surface area contributed by atoms with Crippen molar-refractivity contribution in [3.05, 3.63) is 91.9 Å². The summed E-state index contributed by atoms with van der Waals surface area (Å²) in [6.07, 6.45) is -0.427. The Morgan fingerprint density at radius 1 is 0.902 bits per heavy atom. The summed E-state index contributed by atoms with van der Waals surface area (Å²) in [4.78, 5) is 38.3. The summed E-state index contributed by atoms with van der Waals surface area (Å²) >= 11 is 31.3. The first-order valence-electron chi connectivity index (χ1n) is 12.6. The predicted octanol–water partition coefficient (Wildman–Crippen LogP) is 9.25. The fourth-order valence-corrected chi connectivity index (χ4v) is 5.92. The van der Waals surface area contributed by atoms with E-state index in [0.717, 1.165) is 11.1 Å². The van der Waals surface area contributed by atoms with Gasteiger partial charge in [0.25, 0.3) is 0 Å². The van der Waals surface area contributed by atoms with Crippen LogP contribution < -0.4 is 10.6 Å². The van der Waals surface area contributed by atoms with Gasteiger partial charge in [0.15, 0.2) is 5.78 Å². The van der Waals surface area contributed by atoms with Crippen LogP contribution in [0.5, 0.6) is 0 Å². The highest BCUT2D eigenvalue weighted by molar-refractivity contribution is 6.54. The van der Waals surface area contributed by atoms with Crippen molar-refractivity contribution >= 4 is 87.2 Å². The van der Waals surface area contributed by atoms with Gasteiger partial charge in [0.05, 0.1) is 21.0 Å². The van der Waals surface area contributed by atoms with Crippen LogP contribution in [0, 0.1) is 12.8 Å². The first kappa shape index (κ1) is 31.5. The molecule has 0 saturated heterocycles. The molecular weight excluding hydrogens is 630 g/mol. The third kappa shape index (κ3) is 7.49. The summed E-state index contributed by atoms with van der Waals surface area (Å²) in [6.45, 7) is 7.21. The highest BCUT2D eigenvalue weighted by Gasteiger charge is 2.67. The summed E-state index contributed by atoms with van der Waals surface area (Å²) < 4.78 is 3.92. The van der Waals surface area contributed by atoms with Crippen LogP contribution in [0.4, 0.5) is 16.2 Å². The molecule has 0 aliphatic heterocycles. The highest BCUT2D eigenvalue weighted by Crippen LogP contribution is 2.65. The quantitative estimate of drug-likeness (QED) is 0.151. The lowest BCUT2D eigenvalue weighted by Gasteiger charge is -2.20. The van der Waals surface area contributed by atoms with Crippen molar-refractivity contribution in [2.24, 2.45) is 5.92 Å². The molecule has 11 heteroatoms. The number of carbonyl (C=O) groups is 3. The number of benzene rings is 3. The van der Waals surface area contributed by atoms with Gasteiger partial charge in [0.2, 0.25) is 5.91 Å². The van der Waals surface area contributed by atoms with E-state index in [1.54, 1.807) is 75.4 Å². The third-order valence-electron chi connectivity index (χ3n) is 6.49. The van der Waals surface area contributed by atoms with Crippen molar-refractivity contribution in [3.8, 4) is 0 Å². The van der Waals surface area contributed by atoms with Crippen molar-refractivity contribution in [1.82, 2.24) is 0 Å². The van der Waals surface area contributed by atoms with Crippen molar-refractivity contribution in [3.63, 3.8) is 0 Å². The number of amides is 2. The molecule has 3 aromatic carbocycles. The minimum absolute atomic E-state index is 0.130. The minimum atomic E-state index is -1.36. The SMILES string of the molecule is Cc1cc(NC(=O)OC(C)(C)C)ccc1CC(=O)c1cccc(NC(=O)C2C(c3cc(Cl)c(Cl)c(Cl)c3)C2(Cl)Cl)c1. The van der Waals surface area contributed by atoms with E-state index >= 15 is 0 Å². The van der Waals surface area contributed by atoms with Crippen molar-refractivity contribution < 1.29 is 19.1 Å². The van der Waals surface area contributed by atoms with Crippen LogP contribution in [-0.2, 0) is 16.0 Å². The van der Waals surface area contributed by atoms with Crippen LogP contribution in [0.1, 0.15) is 53.7 Å². The average molecular weight is 657 g/mol. The van der Waals surface area contributed by atoms with E-state index in [4.69, 9.17) is 62.7 Å². The molecule has 2 N–H and O–H groups in total. The van der Waals surface area contributed by atoms with Crippen LogP contribution in [-0.4, -0.2) is 27.7 Å². The van der Waals surface area contributed by atoms with Gasteiger partial charge in [-0.1, -0.05) is 53.0 Å². The lowest BCUT2D eigenvalue weighted by molar-refractivity contribution is -0.117. The van der Waals surface area contributed by atoms with Crippen molar-refractivity contribution in [1.29, 1.82) is 0 Å². The Labute approximate surface area is 263 Å². The second-order valence-electron chi connectivity index (χ2n) is 10.9. The molecule has 4 rings (SSSR count). The molecule has 0 bridgehead atoms. The maximum atomic E-state index is 13.1. The van der Waals surface area contributed by atoms with Crippen LogP contribution in [0.2, 0.25) is 15.1 Å². The lowest BCUT2D eigenvalue weighted by atomic mass is 9.98. The number of ketones is 1. The molecule has 2 amide bonds. The maximum Gasteiger partial charge on any atom is 0.412 e.